The predicted molar refractivity (Wildman–Crippen MR) is 91.2 cm³/mol. The highest BCUT2D eigenvalue weighted by Gasteiger charge is 2.26. The van der Waals surface area contributed by atoms with Crippen LogP contribution in [-0.2, 0) is 17.6 Å². The van der Waals surface area contributed by atoms with Crippen molar-refractivity contribution in [3.63, 3.8) is 0 Å². The number of likely N-dealkylation sites (tertiary alicyclic amines) is 1. The fourth-order valence-electron chi connectivity index (χ4n) is 3.27. The molecule has 2 aromatic rings. The summed E-state index contributed by atoms with van der Waals surface area (Å²) in [5, 5.41) is 15.9. The molecule has 0 saturated carbocycles. The Kier molecular flexibility index (Phi) is 5.11. The Morgan fingerprint density at radius 3 is 2.96 bits per heavy atom. The van der Waals surface area contributed by atoms with E-state index in [2.05, 4.69) is 15.2 Å². The second-order valence-electron chi connectivity index (χ2n) is 6.54. The lowest BCUT2D eigenvalue weighted by atomic mass is 9.97. The Bertz CT molecular complexity index is 771. The first-order valence-corrected chi connectivity index (χ1v) is 8.49. The Labute approximate surface area is 146 Å². The van der Waals surface area contributed by atoms with Crippen LogP contribution in [0.4, 0.5) is 0 Å². The second kappa shape index (κ2) is 7.46. The zero-order chi connectivity index (χ0) is 17.8. The molecule has 1 unspecified atom stereocenters. The van der Waals surface area contributed by atoms with Crippen LogP contribution in [0.5, 0.6) is 0 Å². The molecule has 3 rings (SSSR count). The normalized spacial score (nSPS) is 17.0. The van der Waals surface area contributed by atoms with Crippen molar-refractivity contribution in [2.24, 2.45) is 5.92 Å². The maximum absolute atomic E-state index is 12.3. The number of nitrogens with one attached hydrogen (secondary N) is 1. The molecule has 25 heavy (non-hydrogen) atoms. The van der Waals surface area contributed by atoms with E-state index in [9.17, 15) is 9.59 Å². The van der Waals surface area contributed by atoms with Gasteiger partial charge < -0.3 is 10.0 Å². The molecule has 1 aromatic heterocycles. The van der Waals surface area contributed by atoms with Gasteiger partial charge in [0.1, 0.15) is 5.82 Å². The number of carbonyl (C=O) groups excluding carboxylic acids is 1. The van der Waals surface area contributed by atoms with E-state index >= 15 is 0 Å². The molecule has 1 aromatic carbocycles. The van der Waals surface area contributed by atoms with Gasteiger partial charge in [-0.05, 0) is 43.4 Å². The molecule has 1 saturated heterocycles. The number of aromatic carboxylic acids is 1. The number of amides is 1. The van der Waals surface area contributed by atoms with Crippen molar-refractivity contribution < 1.29 is 14.7 Å². The van der Waals surface area contributed by atoms with E-state index in [0.717, 1.165) is 37.3 Å². The molecule has 7 heteroatoms. The van der Waals surface area contributed by atoms with Gasteiger partial charge in [-0.1, -0.05) is 12.1 Å². The van der Waals surface area contributed by atoms with E-state index < -0.39 is 5.97 Å². The molecule has 7 nitrogen and oxygen atoms in total. The number of aryl methyl sites for hydroxylation is 2. The minimum absolute atomic E-state index is 0.129. The number of carboxylic acids is 1. The Hall–Kier alpha value is -2.70. The molecule has 1 aliphatic heterocycles. The van der Waals surface area contributed by atoms with Crippen molar-refractivity contribution in [2.75, 3.05) is 13.1 Å². The van der Waals surface area contributed by atoms with Crippen LogP contribution >= 0.6 is 0 Å². The van der Waals surface area contributed by atoms with Crippen LogP contribution in [0.15, 0.2) is 24.3 Å². The Balaban J connectivity index is 1.50. The largest absolute Gasteiger partial charge is 0.478 e. The number of aromatic nitrogens is 3. The number of carboxylic acid groups (broad SMARTS) is 1. The van der Waals surface area contributed by atoms with Gasteiger partial charge in [-0.2, -0.15) is 5.10 Å². The molecule has 132 valence electrons. The second-order valence-corrected chi connectivity index (χ2v) is 6.54. The molecule has 0 aliphatic carbocycles. The first kappa shape index (κ1) is 17.1. The average molecular weight is 342 g/mol. The van der Waals surface area contributed by atoms with Gasteiger partial charge in [0.15, 0.2) is 5.82 Å². The van der Waals surface area contributed by atoms with E-state index in [-0.39, 0.29) is 5.91 Å². The molecule has 2 heterocycles. The van der Waals surface area contributed by atoms with Gasteiger partial charge in [0.05, 0.1) is 5.56 Å². The molecule has 2 N–H and O–H groups in total. The minimum atomic E-state index is -0.910. The van der Waals surface area contributed by atoms with Crippen LogP contribution < -0.4 is 0 Å². The van der Waals surface area contributed by atoms with E-state index in [4.69, 9.17) is 5.11 Å². The van der Waals surface area contributed by atoms with E-state index in [1.807, 2.05) is 17.9 Å². The number of nitrogens with zero attached hydrogens (tertiary/aromatic N) is 3. The number of H-pyrrole nitrogens is 1. The summed E-state index contributed by atoms with van der Waals surface area (Å²) in [6.45, 7) is 3.32. The SMILES string of the molecule is Cc1nc(CCC(=O)N2CCC(Cc3cccc(C(=O)O)c3)C2)n[nH]1. The molecular weight excluding hydrogens is 320 g/mol. The number of hydrogen-bond donors (Lipinski definition) is 2. The topological polar surface area (TPSA) is 99.2 Å². The van der Waals surface area contributed by atoms with Gasteiger partial charge in [0.25, 0.3) is 0 Å². The monoisotopic (exact) mass is 342 g/mol. The molecule has 0 bridgehead atoms. The number of carbonyl (C=O) groups is 2. The lowest BCUT2D eigenvalue weighted by Gasteiger charge is -2.16. The maximum Gasteiger partial charge on any atom is 0.335 e. The van der Waals surface area contributed by atoms with Crippen LogP contribution in [0.1, 0.15) is 40.4 Å². The molecule has 1 atom stereocenters. The summed E-state index contributed by atoms with van der Waals surface area (Å²) < 4.78 is 0. The van der Waals surface area contributed by atoms with Crippen molar-refractivity contribution in [2.45, 2.75) is 32.6 Å². The summed E-state index contributed by atoms with van der Waals surface area (Å²) in [6, 6.07) is 7.04. The summed E-state index contributed by atoms with van der Waals surface area (Å²) in [5.41, 5.74) is 1.32. The van der Waals surface area contributed by atoms with Gasteiger partial charge in [0.2, 0.25) is 5.91 Å². The molecule has 0 radical (unpaired) electrons. The highest BCUT2D eigenvalue weighted by Crippen LogP contribution is 2.22. The number of hydrogen-bond acceptors (Lipinski definition) is 4. The zero-order valence-corrected chi connectivity index (χ0v) is 14.2. The molecule has 1 fully saturated rings. The predicted octanol–water partition coefficient (Wildman–Crippen LogP) is 1.84. The molecule has 1 aliphatic rings. The van der Waals surface area contributed by atoms with E-state index in [1.165, 1.54) is 0 Å². The third kappa shape index (κ3) is 4.43. The summed E-state index contributed by atoms with van der Waals surface area (Å²) in [4.78, 5) is 29.5. The first-order valence-electron chi connectivity index (χ1n) is 8.49. The number of benzene rings is 1. The zero-order valence-electron chi connectivity index (χ0n) is 14.2. The van der Waals surface area contributed by atoms with Gasteiger partial charge in [0, 0.05) is 25.9 Å². The molecular formula is C18H22N4O3. The van der Waals surface area contributed by atoms with Crippen molar-refractivity contribution in [3.05, 3.63) is 47.0 Å². The number of rotatable bonds is 6. The van der Waals surface area contributed by atoms with Crippen molar-refractivity contribution in [1.29, 1.82) is 0 Å². The van der Waals surface area contributed by atoms with Crippen LogP contribution in [0, 0.1) is 12.8 Å². The molecule has 0 spiro atoms. The van der Waals surface area contributed by atoms with Gasteiger partial charge in [-0.3, -0.25) is 9.89 Å². The maximum atomic E-state index is 12.3. The van der Waals surface area contributed by atoms with Crippen LogP contribution in [-0.4, -0.2) is 50.2 Å². The van der Waals surface area contributed by atoms with Gasteiger partial charge >= 0.3 is 5.97 Å². The minimum Gasteiger partial charge on any atom is -0.478 e. The average Bonchev–Trinajstić information content (AvgIpc) is 3.22. The van der Waals surface area contributed by atoms with Crippen molar-refractivity contribution in [3.8, 4) is 0 Å². The number of aromatic amines is 1. The summed E-state index contributed by atoms with van der Waals surface area (Å²) in [6.07, 6.45) is 2.71. The standard InChI is InChI=1S/C18H22N4O3/c1-12-19-16(21-20-12)5-6-17(23)22-8-7-14(11-22)9-13-3-2-4-15(10-13)18(24)25/h2-4,10,14H,5-9,11H2,1H3,(H,24,25)(H,19,20,21). The fraction of sp³-hybridized carbons (Fsp3) is 0.444. The Morgan fingerprint density at radius 1 is 1.40 bits per heavy atom. The highest BCUT2D eigenvalue weighted by molar-refractivity contribution is 5.87. The van der Waals surface area contributed by atoms with Gasteiger partial charge in [-0.15, -0.1) is 0 Å². The quantitative estimate of drug-likeness (QED) is 0.834. The van der Waals surface area contributed by atoms with E-state index in [0.29, 0.717) is 30.1 Å². The highest BCUT2D eigenvalue weighted by atomic mass is 16.4. The van der Waals surface area contributed by atoms with Crippen LogP contribution in [0.25, 0.3) is 0 Å². The lowest BCUT2D eigenvalue weighted by Crippen LogP contribution is -2.29. The first-order chi connectivity index (χ1) is 12.0. The van der Waals surface area contributed by atoms with E-state index in [1.54, 1.807) is 18.2 Å². The fourth-order valence-corrected chi connectivity index (χ4v) is 3.27. The third-order valence-corrected chi connectivity index (χ3v) is 4.54. The lowest BCUT2D eigenvalue weighted by molar-refractivity contribution is -0.130. The van der Waals surface area contributed by atoms with Crippen LogP contribution in [0.2, 0.25) is 0 Å². The smallest absolute Gasteiger partial charge is 0.335 e. The third-order valence-electron chi connectivity index (χ3n) is 4.54. The van der Waals surface area contributed by atoms with Crippen LogP contribution in [0.3, 0.4) is 0 Å². The summed E-state index contributed by atoms with van der Waals surface area (Å²) in [5.74, 6) is 1.02. The Morgan fingerprint density at radius 2 is 2.24 bits per heavy atom. The van der Waals surface area contributed by atoms with Crippen molar-refractivity contribution in [1.82, 2.24) is 20.1 Å². The molecule has 1 amide bonds. The summed E-state index contributed by atoms with van der Waals surface area (Å²) >= 11 is 0. The van der Waals surface area contributed by atoms with Crippen molar-refractivity contribution >= 4 is 11.9 Å². The summed E-state index contributed by atoms with van der Waals surface area (Å²) in [7, 11) is 0. The van der Waals surface area contributed by atoms with Gasteiger partial charge in [-0.25, -0.2) is 9.78 Å².